The van der Waals surface area contributed by atoms with E-state index in [1.54, 1.807) is 38.3 Å². The van der Waals surface area contributed by atoms with Gasteiger partial charge >= 0.3 is 0 Å². The van der Waals surface area contributed by atoms with Gasteiger partial charge in [-0.2, -0.15) is 0 Å². The van der Waals surface area contributed by atoms with Gasteiger partial charge in [0.25, 0.3) is 11.8 Å². The number of aryl methyl sites for hydroxylation is 1. The molecule has 0 spiro atoms. The van der Waals surface area contributed by atoms with Gasteiger partial charge in [0.2, 0.25) is 0 Å². The summed E-state index contributed by atoms with van der Waals surface area (Å²) in [6.07, 6.45) is -0.708. The van der Waals surface area contributed by atoms with Crippen LogP contribution in [0.2, 0.25) is 0 Å². The average Bonchev–Trinajstić information content (AvgIpc) is 2.64. The molecule has 0 radical (unpaired) electrons. The zero-order chi connectivity index (χ0) is 18.9. The van der Waals surface area contributed by atoms with Gasteiger partial charge < -0.3 is 20.1 Å². The van der Waals surface area contributed by atoms with Crippen LogP contribution in [0.1, 0.15) is 22.8 Å². The number of benzene rings is 2. The van der Waals surface area contributed by atoms with E-state index in [0.717, 1.165) is 5.56 Å². The minimum absolute atomic E-state index is 0.273. The number of hydrogen-bond acceptors (Lipinski definition) is 4. The second-order valence-electron chi connectivity index (χ2n) is 5.81. The Hall–Kier alpha value is -2.86. The summed E-state index contributed by atoms with van der Waals surface area (Å²) in [5.74, 6) is 0.0524. The molecule has 0 unspecified atom stereocenters. The lowest BCUT2D eigenvalue weighted by atomic mass is 10.1. The fraction of sp³-hybridized carbons (Fsp3) is 0.300. The molecule has 0 aliphatic carbocycles. The first-order valence-corrected chi connectivity index (χ1v) is 8.42. The van der Waals surface area contributed by atoms with Crippen LogP contribution in [-0.4, -0.2) is 38.2 Å². The predicted molar refractivity (Wildman–Crippen MR) is 101 cm³/mol. The number of anilines is 1. The van der Waals surface area contributed by atoms with E-state index in [9.17, 15) is 9.59 Å². The Balaban J connectivity index is 2.04. The summed E-state index contributed by atoms with van der Waals surface area (Å²) in [6, 6.07) is 14.3. The molecular formula is C20H24N2O4. The monoisotopic (exact) mass is 356 g/mol. The van der Waals surface area contributed by atoms with Crippen molar-refractivity contribution in [1.82, 2.24) is 5.32 Å². The second kappa shape index (κ2) is 9.58. The summed E-state index contributed by atoms with van der Waals surface area (Å²) in [6.45, 7) is 4.40. The van der Waals surface area contributed by atoms with Crippen molar-refractivity contribution >= 4 is 17.5 Å². The Bertz CT molecular complexity index is 761. The minimum atomic E-state index is -0.708. The van der Waals surface area contributed by atoms with Gasteiger partial charge in [-0.3, -0.25) is 9.59 Å². The van der Waals surface area contributed by atoms with E-state index in [-0.39, 0.29) is 11.8 Å². The first-order chi connectivity index (χ1) is 12.5. The fourth-order valence-corrected chi connectivity index (χ4v) is 2.32. The van der Waals surface area contributed by atoms with Gasteiger partial charge in [0, 0.05) is 13.7 Å². The summed E-state index contributed by atoms with van der Waals surface area (Å²) in [5.41, 5.74) is 1.78. The van der Waals surface area contributed by atoms with Crippen LogP contribution >= 0.6 is 0 Å². The summed E-state index contributed by atoms with van der Waals surface area (Å²) in [4.78, 5) is 24.8. The van der Waals surface area contributed by atoms with Crippen molar-refractivity contribution in [3.05, 3.63) is 59.7 Å². The third-order valence-electron chi connectivity index (χ3n) is 3.79. The molecule has 0 saturated heterocycles. The van der Waals surface area contributed by atoms with Gasteiger partial charge in [-0.25, -0.2) is 0 Å². The van der Waals surface area contributed by atoms with Crippen molar-refractivity contribution in [3.63, 3.8) is 0 Å². The predicted octanol–water partition coefficient (Wildman–Crippen LogP) is 2.78. The van der Waals surface area contributed by atoms with Crippen molar-refractivity contribution in [2.45, 2.75) is 20.0 Å². The molecule has 0 aliphatic rings. The highest BCUT2D eigenvalue weighted by Crippen LogP contribution is 2.19. The van der Waals surface area contributed by atoms with Crippen molar-refractivity contribution in [2.24, 2.45) is 0 Å². The Morgan fingerprint density at radius 3 is 2.50 bits per heavy atom. The number of amides is 2. The van der Waals surface area contributed by atoms with Crippen LogP contribution in [0, 0.1) is 6.92 Å². The molecule has 138 valence electrons. The molecule has 6 nitrogen and oxygen atoms in total. The first kappa shape index (κ1) is 19.5. The van der Waals surface area contributed by atoms with E-state index in [0.29, 0.717) is 30.2 Å². The summed E-state index contributed by atoms with van der Waals surface area (Å²) < 4.78 is 10.6. The van der Waals surface area contributed by atoms with E-state index in [2.05, 4.69) is 10.6 Å². The maximum absolute atomic E-state index is 12.5. The molecule has 0 heterocycles. The van der Waals surface area contributed by atoms with Gasteiger partial charge in [-0.15, -0.1) is 0 Å². The molecule has 0 saturated carbocycles. The van der Waals surface area contributed by atoms with Crippen LogP contribution in [0.25, 0.3) is 0 Å². The Labute approximate surface area is 153 Å². The van der Waals surface area contributed by atoms with Crippen LogP contribution < -0.4 is 15.4 Å². The zero-order valence-electron chi connectivity index (χ0n) is 15.2. The van der Waals surface area contributed by atoms with Crippen LogP contribution in [-0.2, 0) is 9.53 Å². The lowest BCUT2D eigenvalue weighted by Crippen LogP contribution is -2.32. The van der Waals surface area contributed by atoms with Crippen molar-refractivity contribution in [3.8, 4) is 5.75 Å². The van der Waals surface area contributed by atoms with E-state index in [1.807, 2.05) is 31.2 Å². The Morgan fingerprint density at radius 1 is 1.08 bits per heavy atom. The smallest absolute Gasteiger partial charge is 0.265 e. The number of nitrogens with one attached hydrogen (secondary N) is 2. The lowest BCUT2D eigenvalue weighted by Gasteiger charge is -2.17. The molecule has 26 heavy (non-hydrogen) atoms. The SMILES string of the molecule is COCCNC(=O)c1ccccc1NC(=O)[C@H](C)Oc1ccccc1C. The van der Waals surface area contributed by atoms with Crippen molar-refractivity contribution in [2.75, 3.05) is 25.6 Å². The van der Waals surface area contributed by atoms with Crippen LogP contribution in [0.5, 0.6) is 5.75 Å². The maximum Gasteiger partial charge on any atom is 0.265 e. The largest absolute Gasteiger partial charge is 0.481 e. The van der Waals surface area contributed by atoms with Gasteiger partial charge in [0.1, 0.15) is 5.75 Å². The third kappa shape index (κ3) is 5.32. The molecule has 1 atom stereocenters. The molecule has 2 N–H and O–H groups in total. The molecule has 0 aliphatic heterocycles. The molecule has 0 bridgehead atoms. The average molecular weight is 356 g/mol. The summed E-state index contributed by atoms with van der Waals surface area (Å²) in [7, 11) is 1.57. The molecule has 2 aromatic carbocycles. The molecule has 6 heteroatoms. The summed E-state index contributed by atoms with van der Waals surface area (Å²) in [5, 5.41) is 5.51. The molecule has 2 aromatic rings. The van der Waals surface area contributed by atoms with Gasteiger partial charge in [0.05, 0.1) is 17.9 Å². The molecule has 2 amide bonds. The van der Waals surface area contributed by atoms with Gasteiger partial charge in [-0.05, 0) is 37.6 Å². The second-order valence-corrected chi connectivity index (χ2v) is 5.81. The zero-order valence-corrected chi connectivity index (χ0v) is 15.2. The molecular weight excluding hydrogens is 332 g/mol. The quantitative estimate of drug-likeness (QED) is 0.713. The van der Waals surface area contributed by atoms with Crippen molar-refractivity contribution in [1.29, 1.82) is 0 Å². The lowest BCUT2D eigenvalue weighted by molar-refractivity contribution is -0.122. The van der Waals surface area contributed by atoms with E-state index in [1.165, 1.54) is 0 Å². The van der Waals surface area contributed by atoms with Gasteiger partial charge in [0.15, 0.2) is 6.10 Å². The normalized spacial score (nSPS) is 11.5. The number of hydrogen-bond donors (Lipinski definition) is 2. The number of methoxy groups -OCH3 is 1. The molecule has 2 rings (SSSR count). The maximum atomic E-state index is 12.5. The number of rotatable bonds is 8. The number of carbonyl (C=O) groups is 2. The Morgan fingerprint density at radius 2 is 1.77 bits per heavy atom. The van der Waals surface area contributed by atoms with Gasteiger partial charge in [-0.1, -0.05) is 30.3 Å². The van der Waals surface area contributed by atoms with Crippen LogP contribution in [0.4, 0.5) is 5.69 Å². The minimum Gasteiger partial charge on any atom is -0.481 e. The van der Waals surface area contributed by atoms with E-state index in [4.69, 9.17) is 9.47 Å². The first-order valence-electron chi connectivity index (χ1n) is 8.42. The fourth-order valence-electron chi connectivity index (χ4n) is 2.32. The standard InChI is InChI=1S/C20H24N2O4/c1-14-8-4-7-11-18(14)26-15(2)19(23)22-17-10-6-5-9-16(17)20(24)21-12-13-25-3/h4-11,15H,12-13H2,1-3H3,(H,21,24)(H,22,23)/t15-/m0/s1. The van der Waals surface area contributed by atoms with Crippen molar-refractivity contribution < 1.29 is 19.1 Å². The van der Waals surface area contributed by atoms with Crippen LogP contribution in [0.15, 0.2) is 48.5 Å². The summed E-state index contributed by atoms with van der Waals surface area (Å²) >= 11 is 0. The Kier molecular flexibility index (Phi) is 7.17. The highest BCUT2D eigenvalue weighted by atomic mass is 16.5. The number of para-hydroxylation sites is 2. The van der Waals surface area contributed by atoms with Crippen LogP contribution in [0.3, 0.4) is 0 Å². The topological polar surface area (TPSA) is 76.7 Å². The highest BCUT2D eigenvalue weighted by molar-refractivity contribution is 6.04. The van der Waals surface area contributed by atoms with E-state index >= 15 is 0 Å². The third-order valence-corrected chi connectivity index (χ3v) is 3.79. The molecule has 0 aromatic heterocycles. The molecule has 0 fully saturated rings. The number of ether oxygens (including phenoxy) is 2. The van der Waals surface area contributed by atoms with E-state index < -0.39 is 6.10 Å². The number of carbonyl (C=O) groups excluding carboxylic acids is 2. The highest BCUT2D eigenvalue weighted by Gasteiger charge is 2.18.